The summed E-state index contributed by atoms with van der Waals surface area (Å²) in [7, 11) is 0. The molecule has 0 saturated heterocycles. The van der Waals surface area contributed by atoms with E-state index in [9.17, 15) is 18.3 Å². The number of phenols is 1. The summed E-state index contributed by atoms with van der Waals surface area (Å²) in [6.07, 6.45) is 1.89. The smallest absolute Gasteiger partial charge is 0.292 e. The Labute approximate surface area is 117 Å². The van der Waals surface area contributed by atoms with Crippen LogP contribution in [-0.2, 0) is 11.1 Å². The number of aromatic hydroxyl groups is 1. The molecule has 0 aliphatic heterocycles. The maximum atomic E-state index is 14.5. The molecule has 0 radical (unpaired) electrons. The molecule has 2 aliphatic rings. The molecule has 0 aromatic heterocycles. The van der Waals surface area contributed by atoms with Crippen molar-refractivity contribution in [3.8, 4) is 5.75 Å². The normalized spacial score (nSPS) is 34.1. The molecule has 19 heavy (non-hydrogen) atoms. The predicted octanol–water partition coefficient (Wildman–Crippen LogP) is 4.66. The Bertz CT molecular complexity index is 568. The molecule has 2 unspecified atom stereocenters. The minimum absolute atomic E-state index is 0.0922. The van der Waals surface area contributed by atoms with Crippen molar-refractivity contribution in [1.82, 2.24) is 0 Å². The van der Waals surface area contributed by atoms with Crippen molar-refractivity contribution < 1.29 is 18.3 Å². The van der Waals surface area contributed by atoms with E-state index >= 15 is 0 Å². The summed E-state index contributed by atoms with van der Waals surface area (Å²) in [6, 6.07) is 2.74. The molecule has 2 aliphatic carbocycles. The molecular weight excluding hydrogens is 321 g/mol. The molecule has 104 valence electrons. The van der Waals surface area contributed by atoms with E-state index in [2.05, 4.69) is 15.9 Å². The SMILES string of the molecule is CC1C(F)(F)C1(F)c1cc(C2(C)CC2)c(Br)cc1O. The summed E-state index contributed by atoms with van der Waals surface area (Å²) in [5, 5.41) is 9.82. The van der Waals surface area contributed by atoms with Crippen molar-refractivity contribution >= 4 is 15.9 Å². The number of benzene rings is 1. The summed E-state index contributed by atoms with van der Waals surface area (Å²) in [6.45, 7) is 3.17. The lowest BCUT2D eigenvalue weighted by atomic mass is 9.93. The van der Waals surface area contributed by atoms with Crippen LogP contribution in [0.25, 0.3) is 0 Å². The van der Waals surface area contributed by atoms with Gasteiger partial charge in [-0.15, -0.1) is 0 Å². The molecule has 0 heterocycles. The molecule has 1 aromatic rings. The van der Waals surface area contributed by atoms with Gasteiger partial charge in [-0.3, -0.25) is 0 Å². The molecule has 5 heteroatoms. The lowest BCUT2D eigenvalue weighted by molar-refractivity contribution is 0.0381. The zero-order valence-corrected chi connectivity index (χ0v) is 12.2. The Morgan fingerprint density at radius 3 is 2.16 bits per heavy atom. The van der Waals surface area contributed by atoms with Crippen LogP contribution in [-0.4, -0.2) is 11.0 Å². The molecule has 0 spiro atoms. The monoisotopic (exact) mass is 334 g/mol. The van der Waals surface area contributed by atoms with E-state index in [4.69, 9.17) is 0 Å². The van der Waals surface area contributed by atoms with Crippen LogP contribution >= 0.6 is 15.9 Å². The molecule has 1 nitrogen and oxygen atoms in total. The maximum absolute atomic E-state index is 14.5. The van der Waals surface area contributed by atoms with E-state index in [1.807, 2.05) is 6.92 Å². The Balaban J connectivity index is 2.13. The number of rotatable bonds is 2. The first-order valence-corrected chi connectivity index (χ1v) is 7.04. The number of hydrogen-bond donors (Lipinski definition) is 1. The van der Waals surface area contributed by atoms with Crippen LogP contribution in [0.1, 0.15) is 37.8 Å². The fourth-order valence-electron chi connectivity index (χ4n) is 2.72. The Hall–Kier alpha value is -0.710. The number of phenolic OH excluding ortho intramolecular Hbond substituents is 1. The second-order valence-corrected chi connectivity index (χ2v) is 6.82. The van der Waals surface area contributed by atoms with Gasteiger partial charge >= 0.3 is 0 Å². The Morgan fingerprint density at radius 1 is 1.21 bits per heavy atom. The van der Waals surface area contributed by atoms with Crippen LogP contribution in [0.3, 0.4) is 0 Å². The fourth-order valence-corrected chi connectivity index (χ4v) is 3.53. The van der Waals surface area contributed by atoms with E-state index in [1.54, 1.807) is 0 Å². The van der Waals surface area contributed by atoms with Crippen molar-refractivity contribution in [3.05, 3.63) is 27.7 Å². The van der Waals surface area contributed by atoms with Gasteiger partial charge in [0.05, 0.1) is 5.92 Å². The van der Waals surface area contributed by atoms with Gasteiger partial charge in [-0.1, -0.05) is 29.8 Å². The van der Waals surface area contributed by atoms with E-state index in [0.717, 1.165) is 18.4 Å². The van der Waals surface area contributed by atoms with E-state index < -0.39 is 23.3 Å². The third kappa shape index (κ3) is 1.54. The zero-order valence-electron chi connectivity index (χ0n) is 10.6. The van der Waals surface area contributed by atoms with Crippen LogP contribution in [0.4, 0.5) is 13.2 Å². The molecule has 0 amide bonds. The minimum Gasteiger partial charge on any atom is -0.508 e. The number of hydrogen-bond acceptors (Lipinski definition) is 1. The van der Waals surface area contributed by atoms with Crippen molar-refractivity contribution in [1.29, 1.82) is 0 Å². The fraction of sp³-hybridized carbons (Fsp3) is 0.571. The molecule has 1 aromatic carbocycles. The van der Waals surface area contributed by atoms with Crippen molar-refractivity contribution in [2.75, 3.05) is 0 Å². The molecule has 2 fully saturated rings. The van der Waals surface area contributed by atoms with Crippen LogP contribution in [0.5, 0.6) is 5.75 Å². The average Bonchev–Trinajstić information content (AvgIpc) is 3.14. The van der Waals surface area contributed by atoms with Crippen LogP contribution < -0.4 is 0 Å². The summed E-state index contributed by atoms with van der Waals surface area (Å²) >= 11 is 3.32. The van der Waals surface area contributed by atoms with Crippen molar-refractivity contribution in [2.24, 2.45) is 5.92 Å². The quantitative estimate of drug-likeness (QED) is 0.834. The summed E-state index contributed by atoms with van der Waals surface area (Å²) < 4.78 is 42.1. The van der Waals surface area contributed by atoms with Gasteiger partial charge in [-0.25, -0.2) is 13.2 Å². The summed E-state index contributed by atoms with van der Waals surface area (Å²) in [5.41, 5.74) is -2.31. The van der Waals surface area contributed by atoms with Crippen LogP contribution in [0, 0.1) is 5.92 Å². The average molecular weight is 335 g/mol. The Kier molecular flexibility index (Phi) is 2.44. The van der Waals surface area contributed by atoms with Gasteiger partial charge in [0, 0.05) is 10.0 Å². The third-order valence-corrected chi connectivity index (χ3v) is 5.33. The van der Waals surface area contributed by atoms with E-state index in [1.165, 1.54) is 19.1 Å². The van der Waals surface area contributed by atoms with Gasteiger partial charge < -0.3 is 5.11 Å². The van der Waals surface area contributed by atoms with Crippen LogP contribution in [0.15, 0.2) is 16.6 Å². The predicted molar refractivity (Wildman–Crippen MR) is 69.3 cm³/mol. The molecule has 1 N–H and O–H groups in total. The zero-order chi connectivity index (χ0) is 14.2. The highest BCUT2D eigenvalue weighted by Crippen LogP contribution is 2.69. The molecule has 0 bridgehead atoms. The second-order valence-electron chi connectivity index (χ2n) is 5.97. The van der Waals surface area contributed by atoms with Crippen molar-refractivity contribution in [2.45, 2.75) is 43.7 Å². The molecule has 3 rings (SSSR count). The van der Waals surface area contributed by atoms with Gasteiger partial charge in [-0.05, 0) is 36.0 Å². The minimum atomic E-state index is -3.40. The van der Waals surface area contributed by atoms with Gasteiger partial charge in [0.15, 0.2) is 0 Å². The maximum Gasteiger partial charge on any atom is 0.292 e. The second kappa shape index (κ2) is 3.48. The highest BCUT2D eigenvalue weighted by atomic mass is 79.9. The first kappa shape index (κ1) is 13.3. The molecule has 2 saturated carbocycles. The summed E-state index contributed by atoms with van der Waals surface area (Å²) in [4.78, 5) is 0. The van der Waals surface area contributed by atoms with Crippen molar-refractivity contribution in [3.63, 3.8) is 0 Å². The largest absolute Gasteiger partial charge is 0.508 e. The van der Waals surface area contributed by atoms with Crippen LogP contribution in [0.2, 0.25) is 0 Å². The van der Waals surface area contributed by atoms with Gasteiger partial charge in [0.25, 0.3) is 5.92 Å². The molecule has 2 atom stereocenters. The highest BCUT2D eigenvalue weighted by molar-refractivity contribution is 9.10. The lowest BCUT2D eigenvalue weighted by Gasteiger charge is -2.17. The van der Waals surface area contributed by atoms with Gasteiger partial charge in [0.2, 0.25) is 5.67 Å². The summed E-state index contributed by atoms with van der Waals surface area (Å²) in [5.74, 6) is -5.21. The van der Waals surface area contributed by atoms with Gasteiger partial charge in [-0.2, -0.15) is 0 Å². The van der Waals surface area contributed by atoms with E-state index in [0.29, 0.717) is 4.47 Å². The first-order chi connectivity index (χ1) is 8.64. The number of halogens is 4. The standard InChI is InChI=1S/C14H14BrF3O/c1-7-13(16,14(7,17)18)9-5-8(12(2)3-4-12)10(15)6-11(9)19/h5-7,19H,3-4H2,1-2H3. The van der Waals surface area contributed by atoms with Gasteiger partial charge in [0.1, 0.15) is 5.75 Å². The highest BCUT2D eigenvalue weighted by Gasteiger charge is 2.82. The van der Waals surface area contributed by atoms with E-state index in [-0.39, 0.29) is 11.0 Å². The topological polar surface area (TPSA) is 20.2 Å². The first-order valence-electron chi connectivity index (χ1n) is 6.25. The third-order valence-electron chi connectivity index (χ3n) is 4.67. The lowest BCUT2D eigenvalue weighted by Crippen LogP contribution is -2.12. The molecular formula is C14H14BrF3O. The Morgan fingerprint density at radius 2 is 1.74 bits per heavy atom. The number of alkyl halides is 3.